The van der Waals surface area contributed by atoms with E-state index in [1.165, 1.54) is 32.4 Å². The Bertz CT molecular complexity index is 1270. The second-order valence-corrected chi connectivity index (χ2v) is 8.52. The van der Waals surface area contributed by atoms with Gasteiger partial charge in [0.1, 0.15) is 17.3 Å². The number of amides is 2. The molecule has 1 aliphatic heterocycles. The van der Waals surface area contributed by atoms with Gasteiger partial charge < -0.3 is 19.3 Å². The number of methoxy groups -OCH3 is 2. The van der Waals surface area contributed by atoms with Gasteiger partial charge in [-0.1, -0.05) is 0 Å². The number of carbonyl (C=O) groups excluding carboxylic acids is 2. The van der Waals surface area contributed by atoms with Gasteiger partial charge in [-0.05, 0) is 56.3 Å². The molecule has 2 aromatic carbocycles. The Morgan fingerprint density at radius 1 is 0.917 bits per heavy atom. The van der Waals surface area contributed by atoms with Crippen molar-refractivity contribution in [2.45, 2.75) is 13.8 Å². The van der Waals surface area contributed by atoms with Crippen LogP contribution in [-0.2, 0) is 4.79 Å². The quantitative estimate of drug-likeness (QED) is 0.491. The molecule has 0 N–H and O–H groups in total. The van der Waals surface area contributed by atoms with Crippen LogP contribution in [0.25, 0.3) is 11.8 Å². The molecule has 1 saturated heterocycles. The lowest BCUT2D eigenvalue weighted by Gasteiger charge is -2.34. The van der Waals surface area contributed by atoms with Crippen LogP contribution >= 0.6 is 0 Å². The zero-order valence-electron chi connectivity index (χ0n) is 20.8. The highest BCUT2D eigenvalue weighted by Gasteiger charge is 2.25. The van der Waals surface area contributed by atoms with E-state index < -0.39 is 0 Å². The van der Waals surface area contributed by atoms with Crippen LogP contribution in [0.4, 0.5) is 4.39 Å². The van der Waals surface area contributed by atoms with E-state index in [2.05, 4.69) is 5.10 Å². The number of carbonyl (C=O) groups is 2. The summed E-state index contributed by atoms with van der Waals surface area (Å²) in [5, 5.41) is 4.54. The first-order valence-electron chi connectivity index (χ1n) is 11.6. The topological polar surface area (TPSA) is 76.9 Å². The number of aromatic nitrogens is 2. The number of halogens is 1. The minimum Gasteiger partial charge on any atom is -0.497 e. The second kappa shape index (κ2) is 10.6. The SMILES string of the molecule is COc1cc(OC)cc(C(=O)N2CCN(C(=O)/C=C/c3c(C)nn(-c4ccc(F)cc4)c3C)CC2)c1. The minimum atomic E-state index is -0.309. The van der Waals surface area contributed by atoms with E-state index in [-0.39, 0.29) is 17.6 Å². The van der Waals surface area contributed by atoms with Crippen LogP contribution in [0.3, 0.4) is 0 Å². The van der Waals surface area contributed by atoms with Crippen LogP contribution in [0.5, 0.6) is 11.5 Å². The van der Waals surface area contributed by atoms with Crippen LogP contribution in [0.15, 0.2) is 48.5 Å². The van der Waals surface area contributed by atoms with Gasteiger partial charge >= 0.3 is 0 Å². The Morgan fingerprint density at radius 2 is 1.50 bits per heavy atom. The maximum Gasteiger partial charge on any atom is 0.254 e. The number of nitrogens with zero attached hydrogens (tertiary/aromatic N) is 4. The molecule has 9 heteroatoms. The summed E-state index contributed by atoms with van der Waals surface area (Å²) >= 11 is 0. The van der Waals surface area contributed by atoms with Gasteiger partial charge in [0.05, 0.1) is 25.6 Å². The summed E-state index contributed by atoms with van der Waals surface area (Å²) in [6.07, 6.45) is 3.30. The molecule has 2 heterocycles. The number of rotatable bonds is 6. The first kappa shape index (κ1) is 25.0. The molecule has 0 bridgehead atoms. The number of ether oxygens (including phenoxy) is 2. The first-order valence-corrected chi connectivity index (χ1v) is 11.6. The Morgan fingerprint density at radius 3 is 2.08 bits per heavy atom. The van der Waals surface area contributed by atoms with Gasteiger partial charge in [0.15, 0.2) is 0 Å². The monoisotopic (exact) mass is 492 g/mol. The van der Waals surface area contributed by atoms with Gasteiger partial charge in [0.2, 0.25) is 5.91 Å². The molecule has 0 unspecified atom stereocenters. The third-order valence-corrected chi connectivity index (χ3v) is 6.29. The van der Waals surface area contributed by atoms with Crippen molar-refractivity contribution < 1.29 is 23.5 Å². The number of piperazine rings is 1. The lowest BCUT2D eigenvalue weighted by Crippen LogP contribution is -2.50. The average molecular weight is 493 g/mol. The number of benzene rings is 2. The number of hydrogen-bond donors (Lipinski definition) is 0. The van der Waals surface area contributed by atoms with Gasteiger partial charge in [-0.2, -0.15) is 5.10 Å². The zero-order chi connectivity index (χ0) is 25.8. The molecule has 0 atom stereocenters. The Hall–Kier alpha value is -4.14. The predicted octanol–water partition coefficient (Wildman–Crippen LogP) is 3.64. The molecule has 188 valence electrons. The third kappa shape index (κ3) is 5.25. The van der Waals surface area contributed by atoms with Crippen LogP contribution in [0.2, 0.25) is 0 Å². The summed E-state index contributed by atoms with van der Waals surface area (Å²) in [4.78, 5) is 29.3. The predicted molar refractivity (Wildman–Crippen MR) is 134 cm³/mol. The van der Waals surface area contributed by atoms with E-state index >= 15 is 0 Å². The largest absolute Gasteiger partial charge is 0.497 e. The average Bonchev–Trinajstić information content (AvgIpc) is 3.19. The molecule has 2 amide bonds. The van der Waals surface area contributed by atoms with Crippen molar-refractivity contribution >= 4 is 17.9 Å². The summed E-state index contributed by atoms with van der Waals surface area (Å²) in [5.74, 6) is 0.527. The summed E-state index contributed by atoms with van der Waals surface area (Å²) in [5.41, 5.74) is 3.69. The lowest BCUT2D eigenvalue weighted by atomic mass is 10.1. The van der Waals surface area contributed by atoms with Crippen molar-refractivity contribution in [1.29, 1.82) is 0 Å². The Labute approximate surface area is 209 Å². The molecule has 0 spiro atoms. The van der Waals surface area contributed by atoms with Gasteiger partial charge in [-0.3, -0.25) is 9.59 Å². The minimum absolute atomic E-state index is 0.126. The van der Waals surface area contributed by atoms with E-state index in [9.17, 15) is 14.0 Å². The Kier molecular flexibility index (Phi) is 7.38. The number of aryl methyl sites for hydroxylation is 1. The highest BCUT2D eigenvalue weighted by atomic mass is 19.1. The van der Waals surface area contributed by atoms with Gasteiger partial charge in [0.25, 0.3) is 5.91 Å². The molecule has 0 saturated carbocycles. The van der Waals surface area contributed by atoms with Gasteiger partial charge in [-0.25, -0.2) is 9.07 Å². The smallest absolute Gasteiger partial charge is 0.254 e. The molecule has 8 nitrogen and oxygen atoms in total. The molecular formula is C27H29FN4O4. The van der Waals surface area contributed by atoms with Crippen molar-refractivity contribution in [3.8, 4) is 17.2 Å². The highest BCUT2D eigenvalue weighted by Crippen LogP contribution is 2.24. The second-order valence-electron chi connectivity index (χ2n) is 8.52. The van der Waals surface area contributed by atoms with Crippen molar-refractivity contribution in [2.24, 2.45) is 0 Å². The maximum atomic E-state index is 13.3. The maximum absolute atomic E-state index is 13.3. The lowest BCUT2D eigenvalue weighted by molar-refractivity contribution is -0.127. The fourth-order valence-corrected chi connectivity index (χ4v) is 4.23. The molecule has 36 heavy (non-hydrogen) atoms. The van der Waals surface area contributed by atoms with Gasteiger partial charge in [0, 0.05) is 55.1 Å². The molecule has 1 aliphatic rings. The fourth-order valence-electron chi connectivity index (χ4n) is 4.23. The van der Waals surface area contributed by atoms with E-state index in [0.29, 0.717) is 43.2 Å². The van der Waals surface area contributed by atoms with Crippen molar-refractivity contribution in [3.63, 3.8) is 0 Å². The summed E-state index contributed by atoms with van der Waals surface area (Å²) in [7, 11) is 3.08. The number of hydrogen-bond acceptors (Lipinski definition) is 5. The van der Waals surface area contributed by atoms with Gasteiger partial charge in [-0.15, -0.1) is 0 Å². The summed E-state index contributed by atoms with van der Waals surface area (Å²) in [6.45, 7) is 5.50. The van der Waals surface area contributed by atoms with E-state index in [1.54, 1.807) is 50.9 Å². The van der Waals surface area contributed by atoms with E-state index in [4.69, 9.17) is 9.47 Å². The standard InChI is InChI=1S/C27H29FN4O4/c1-18-25(19(2)32(29-18)22-7-5-21(28)6-8-22)9-10-26(33)30-11-13-31(14-12-30)27(34)20-15-23(35-3)17-24(16-20)36-4/h5-10,15-17H,11-14H2,1-4H3/b10-9+. The summed E-state index contributed by atoms with van der Waals surface area (Å²) < 4.78 is 25.5. The van der Waals surface area contributed by atoms with Crippen LogP contribution in [0, 0.1) is 19.7 Å². The van der Waals surface area contributed by atoms with Crippen LogP contribution < -0.4 is 9.47 Å². The summed E-state index contributed by atoms with van der Waals surface area (Å²) in [6, 6.07) is 11.2. The first-order chi connectivity index (χ1) is 17.3. The van der Waals surface area contributed by atoms with Crippen LogP contribution in [-0.4, -0.2) is 71.8 Å². The Balaban J connectivity index is 1.40. The van der Waals surface area contributed by atoms with Crippen molar-refractivity contribution in [1.82, 2.24) is 19.6 Å². The third-order valence-electron chi connectivity index (χ3n) is 6.29. The van der Waals surface area contributed by atoms with Crippen LogP contribution in [0.1, 0.15) is 27.3 Å². The fraction of sp³-hybridized carbons (Fsp3) is 0.296. The molecular weight excluding hydrogens is 463 g/mol. The molecule has 4 rings (SSSR count). The van der Waals surface area contributed by atoms with E-state index in [1.807, 2.05) is 13.8 Å². The zero-order valence-corrected chi connectivity index (χ0v) is 20.8. The molecule has 0 radical (unpaired) electrons. The molecule has 0 aliphatic carbocycles. The van der Waals surface area contributed by atoms with E-state index in [0.717, 1.165) is 22.6 Å². The highest BCUT2D eigenvalue weighted by molar-refractivity contribution is 5.96. The molecule has 1 fully saturated rings. The van der Waals surface area contributed by atoms with Crippen molar-refractivity contribution in [2.75, 3.05) is 40.4 Å². The normalized spacial score (nSPS) is 13.8. The molecule has 1 aromatic heterocycles. The van der Waals surface area contributed by atoms with Crippen molar-refractivity contribution in [3.05, 3.63) is 76.9 Å². The molecule has 3 aromatic rings.